The SMILES string of the molecule is COC(=O)c1cc(N(Cc2ccc(OC)cc2)C(=O)OC(C)(C)C)ncc1F. The van der Waals surface area contributed by atoms with Crippen LogP contribution in [0, 0.1) is 5.82 Å². The van der Waals surface area contributed by atoms with Gasteiger partial charge in [0.25, 0.3) is 0 Å². The highest BCUT2D eigenvalue weighted by Crippen LogP contribution is 2.22. The van der Waals surface area contributed by atoms with Crippen LogP contribution in [-0.2, 0) is 16.0 Å². The van der Waals surface area contributed by atoms with Crippen LogP contribution in [0.5, 0.6) is 5.75 Å². The van der Waals surface area contributed by atoms with Crippen LogP contribution in [0.1, 0.15) is 36.7 Å². The summed E-state index contributed by atoms with van der Waals surface area (Å²) < 4.78 is 29.1. The average molecular weight is 390 g/mol. The molecular weight excluding hydrogens is 367 g/mol. The van der Waals surface area contributed by atoms with Crippen molar-refractivity contribution in [3.05, 3.63) is 53.5 Å². The summed E-state index contributed by atoms with van der Waals surface area (Å²) in [6.07, 6.45) is 0.186. The smallest absolute Gasteiger partial charge is 0.416 e. The second-order valence-corrected chi connectivity index (χ2v) is 6.93. The van der Waals surface area contributed by atoms with E-state index in [0.29, 0.717) is 5.75 Å². The first-order chi connectivity index (χ1) is 13.1. The molecule has 0 radical (unpaired) electrons. The standard InChI is InChI=1S/C20H23FN2O5/c1-20(2,3)28-19(25)23(12-13-6-8-14(26-4)9-7-13)17-10-15(18(24)27-5)16(21)11-22-17/h6-11H,12H2,1-5H3. The summed E-state index contributed by atoms with van der Waals surface area (Å²) >= 11 is 0. The summed E-state index contributed by atoms with van der Waals surface area (Å²) in [5, 5.41) is 0. The van der Waals surface area contributed by atoms with Gasteiger partial charge in [-0.15, -0.1) is 0 Å². The first-order valence-electron chi connectivity index (χ1n) is 8.52. The van der Waals surface area contributed by atoms with Crippen molar-refractivity contribution in [3.8, 4) is 5.75 Å². The number of aromatic nitrogens is 1. The van der Waals surface area contributed by atoms with E-state index in [1.54, 1.807) is 52.1 Å². The van der Waals surface area contributed by atoms with Gasteiger partial charge in [0.1, 0.15) is 22.7 Å². The van der Waals surface area contributed by atoms with Crippen LogP contribution in [0.15, 0.2) is 36.5 Å². The van der Waals surface area contributed by atoms with Gasteiger partial charge in [-0.3, -0.25) is 4.90 Å². The first-order valence-corrected chi connectivity index (χ1v) is 8.52. The fourth-order valence-electron chi connectivity index (χ4n) is 2.31. The van der Waals surface area contributed by atoms with Gasteiger partial charge < -0.3 is 14.2 Å². The number of pyridine rings is 1. The third kappa shape index (κ3) is 5.42. The van der Waals surface area contributed by atoms with E-state index in [4.69, 9.17) is 9.47 Å². The number of halogens is 1. The summed E-state index contributed by atoms with van der Waals surface area (Å²) in [6.45, 7) is 5.29. The molecule has 8 heteroatoms. The molecule has 7 nitrogen and oxygen atoms in total. The number of benzene rings is 1. The zero-order valence-electron chi connectivity index (χ0n) is 16.5. The minimum atomic E-state index is -0.866. The Labute approximate surface area is 163 Å². The quantitative estimate of drug-likeness (QED) is 0.719. The molecule has 0 bridgehead atoms. The molecule has 0 fully saturated rings. The van der Waals surface area contributed by atoms with Gasteiger partial charge in [-0.05, 0) is 44.5 Å². The number of carbonyl (C=O) groups is 2. The maximum atomic E-state index is 13.9. The van der Waals surface area contributed by atoms with Crippen LogP contribution < -0.4 is 9.64 Å². The molecule has 0 aliphatic carbocycles. The number of anilines is 1. The molecule has 1 heterocycles. The molecule has 2 aromatic rings. The molecule has 1 amide bonds. The number of rotatable bonds is 5. The summed E-state index contributed by atoms with van der Waals surface area (Å²) in [7, 11) is 2.70. The molecule has 0 atom stereocenters. The molecule has 0 aliphatic heterocycles. The highest BCUT2D eigenvalue weighted by atomic mass is 19.1. The molecule has 0 saturated carbocycles. The number of ether oxygens (including phenoxy) is 3. The summed E-state index contributed by atoms with van der Waals surface area (Å²) in [4.78, 5) is 29.7. The number of carbonyl (C=O) groups excluding carboxylic acids is 2. The topological polar surface area (TPSA) is 78.0 Å². The fraction of sp³-hybridized carbons (Fsp3) is 0.350. The molecule has 1 aromatic carbocycles. The normalized spacial score (nSPS) is 10.9. The van der Waals surface area contributed by atoms with Gasteiger partial charge in [-0.2, -0.15) is 0 Å². The molecule has 0 saturated heterocycles. The third-order valence-corrected chi connectivity index (χ3v) is 3.64. The van der Waals surface area contributed by atoms with Gasteiger partial charge in [-0.25, -0.2) is 19.0 Å². The lowest BCUT2D eigenvalue weighted by molar-refractivity contribution is 0.0567. The van der Waals surface area contributed by atoms with Crippen molar-refractivity contribution in [3.63, 3.8) is 0 Å². The Kier molecular flexibility index (Phi) is 6.56. The van der Waals surface area contributed by atoms with E-state index in [1.165, 1.54) is 4.90 Å². The molecular formula is C20H23FN2O5. The maximum absolute atomic E-state index is 13.9. The Bertz CT molecular complexity index is 847. The van der Waals surface area contributed by atoms with Crippen molar-refractivity contribution in [1.29, 1.82) is 0 Å². The number of methoxy groups -OCH3 is 2. The largest absolute Gasteiger partial charge is 0.497 e. The van der Waals surface area contributed by atoms with E-state index in [9.17, 15) is 14.0 Å². The lowest BCUT2D eigenvalue weighted by Gasteiger charge is -2.27. The number of nitrogens with zero attached hydrogens (tertiary/aromatic N) is 2. The number of hydrogen-bond donors (Lipinski definition) is 0. The Morgan fingerprint density at radius 3 is 2.32 bits per heavy atom. The molecule has 150 valence electrons. The zero-order chi connectivity index (χ0) is 20.9. The molecule has 2 rings (SSSR count). The van der Waals surface area contributed by atoms with E-state index in [-0.39, 0.29) is 17.9 Å². The van der Waals surface area contributed by atoms with Gasteiger partial charge in [0.05, 0.1) is 27.0 Å². The lowest BCUT2D eigenvalue weighted by atomic mass is 10.2. The van der Waals surface area contributed by atoms with Crippen molar-refractivity contribution in [1.82, 2.24) is 4.98 Å². The van der Waals surface area contributed by atoms with Crippen LogP contribution >= 0.6 is 0 Å². The Hall–Kier alpha value is -3.16. The minimum Gasteiger partial charge on any atom is -0.497 e. The Morgan fingerprint density at radius 2 is 1.79 bits per heavy atom. The monoisotopic (exact) mass is 390 g/mol. The predicted octanol–water partition coefficient (Wildman–Crippen LogP) is 3.96. The van der Waals surface area contributed by atoms with Crippen molar-refractivity contribution in [2.24, 2.45) is 0 Å². The van der Waals surface area contributed by atoms with Crippen LogP contribution in [0.3, 0.4) is 0 Å². The molecule has 1 aromatic heterocycles. The summed E-state index contributed by atoms with van der Waals surface area (Å²) in [5.41, 5.74) is -0.311. The van der Waals surface area contributed by atoms with Gasteiger partial charge in [0.2, 0.25) is 0 Å². The second kappa shape index (κ2) is 8.69. The Morgan fingerprint density at radius 1 is 1.14 bits per heavy atom. The van der Waals surface area contributed by atoms with Crippen LogP contribution in [0.4, 0.5) is 15.0 Å². The zero-order valence-corrected chi connectivity index (χ0v) is 16.5. The van der Waals surface area contributed by atoms with E-state index < -0.39 is 23.5 Å². The van der Waals surface area contributed by atoms with E-state index in [1.807, 2.05) is 0 Å². The van der Waals surface area contributed by atoms with Crippen LogP contribution in [0.2, 0.25) is 0 Å². The van der Waals surface area contributed by atoms with E-state index in [0.717, 1.165) is 24.9 Å². The number of amides is 1. The number of esters is 1. The maximum Gasteiger partial charge on any atom is 0.416 e. The van der Waals surface area contributed by atoms with Crippen molar-refractivity contribution in [2.75, 3.05) is 19.1 Å². The van der Waals surface area contributed by atoms with Crippen molar-refractivity contribution >= 4 is 17.9 Å². The number of hydrogen-bond acceptors (Lipinski definition) is 6. The highest BCUT2D eigenvalue weighted by Gasteiger charge is 2.26. The molecule has 0 N–H and O–H groups in total. The van der Waals surface area contributed by atoms with E-state index >= 15 is 0 Å². The average Bonchev–Trinajstić information content (AvgIpc) is 2.65. The van der Waals surface area contributed by atoms with Crippen molar-refractivity contribution < 1.29 is 28.2 Å². The Balaban J connectivity index is 2.42. The predicted molar refractivity (Wildman–Crippen MR) is 101 cm³/mol. The van der Waals surface area contributed by atoms with E-state index in [2.05, 4.69) is 9.72 Å². The minimum absolute atomic E-state index is 0.0619. The van der Waals surface area contributed by atoms with Gasteiger partial charge in [-0.1, -0.05) is 12.1 Å². The summed E-state index contributed by atoms with van der Waals surface area (Å²) in [5.74, 6) is -0.980. The van der Waals surface area contributed by atoms with Crippen molar-refractivity contribution in [2.45, 2.75) is 32.9 Å². The van der Waals surface area contributed by atoms with Crippen LogP contribution in [0.25, 0.3) is 0 Å². The van der Waals surface area contributed by atoms with Gasteiger partial charge in [0, 0.05) is 0 Å². The van der Waals surface area contributed by atoms with Gasteiger partial charge in [0.15, 0.2) is 5.82 Å². The highest BCUT2D eigenvalue weighted by molar-refractivity contribution is 5.92. The molecule has 28 heavy (non-hydrogen) atoms. The molecule has 0 unspecified atom stereocenters. The second-order valence-electron chi connectivity index (χ2n) is 6.93. The van der Waals surface area contributed by atoms with Gasteiger partial charge >= 0.3 is 12.1 Å². The molecule has 0 spiro atoms. The molecule has 0 aliphatic rings. The lowest BCUT2D eigenvalue weighted by Crippen LogP contribution is -2.37. The summed E-state index contributed by atoms with van der Waals surface area (Å²) in [6, 6.07) is 8.22. The third-order valence-electron chi connectivity index (χ3n) is 3.64. The fourth-order valence-corrected chi connectivity index (χ4v) is 2.31. The van der Waals surface area contributed by atoms with Crippen LogP contribution in [-0.4, -0.2) is 36.9 Å². The first kappa shape index (κ1) is 21.1.